The van der Waals surface area contributed by atoms with E-state index < -0.39 is 0 Å². The number of halogens is 2. The number of aromatic nitrogens is 2. The van der Waals surface area contributed by atoms with Crippen molar-refractivity contribution in [2.75, 3.05) is 31.1 Å². The van der Waals surface area contributed by atoms with E-state index in [0.29, 0.717) is 22.2 Å². The molecule has 1 saturated heterocycles. The monoisotopic (exact) mass is 440 g/mol. The lowest BCUT2D eigenvalue weighted by Gasteiger charge is -2.35. The number of hydrogen-bond donors (Lipinski definition) is 0. The summed E-state index contributed by atoms with van der Waals surface area (Å²) in [4.78, 5) is 25.4. The Kier molecular flexibility index (Phi) is 4.98. The lowest BCUT2D eigenvalue weighted by atomic mass is 10.1. The van der Waals surface area contributed by atoms with E-state index in [1.165, 1.54) is 12.1 Å². The number of benzene rings is 1. The van der Waals surface area contributed by atoms with Gasteiger partial charge in [0.25, 0.3) is 5.91 Å². The molecule has 2 heterocycles. The summed E-state index contributed by atoms with van der Waals surface area (Å²) in [6, 6.07) is 6.24. The molecule has 0 unspecified atom stereocenters. The number of anilines is 1. The highest BCUT2D eigenvalue weighted by Gasteiger charge is 2.24. The minimum Gasteiger partial charge on any atom is -0.353 e. The Bertz CT molecular complexity index is 755. The lowest BCUT2D eigenvalue weighted by molar-refractivity contribution is 0.0745. The van der Waals surface area contributed by atoms with Crippen molar-refractivity contribution in [1.82, 2.24) is 14.9 Å². The van der Waals surface area contributed by atoms with Crippen molar-refractivity contribution in [3.05, 3.63) is 50.7 Å². The Hall–Kier alpha value is -1.77. The number of rotatable bonds is 2. The molecule has 1 aromatic carbocycles. The Morgan fingerprint density at radius 1 is 1.12 bits per heavy atom. The molecule has 0 radical (unpaired) electrons. The van der Waals surface area contributed by atoms with Crippen LogP contribution in [0, 0.1) is 23.2 Å². The third-order valence-electron chi connectivity index (χ3n) is 4.00. The van der Waals surface area contributed by atoms with Crippen LogP contribution in [0.25, 0.3) is 0 Å². The zero-order valence-corrected chi connectivity index (χ0v) is 15.7. The normalized spacial score (nSPS) is 14.8. The van der Waals surface area contributed by atoms with E-state index in [0.717, 1.165) is 30.4 Å². The van der Waals surface area contributed by atoms with Gasteiger partial charge in [-0.05, 0) is 54.6 Å². The average molecular weight is 440 g/mol. The first kappa shape index (κ1) is 17.1. The number of carbonyl (C=O) groups excluding carboxylic acids is 1. The van der Waals surface area contributed by atoms with Crippen LogP contribution in [0.2, 0.25) is 0 Å². The summed E-state index contributed by atoms with van der Waals surface area (Å²) >= 11 is 2.00. The Balaban J connectivity index is 1.69. The Morgan fingerprint density at radius 3 is 2.46 bits per heavy atom. The molecule has 1 aliphatic rings. The van der Waals surface area contributed by atoms with Crippen LogP contribution < -0.4 is 4.90 Å². The van der Waals surface area contributed by atoms with Crippen molar-refractivity contribution in [2.45, 2.75) is 13.8 Å². The quantitative estimate of drug-likeness (QED) is 0.675. The van der Waals surface area contributed by atoms with Gasteiger partial charge in [0.1, 0.15) is 17.5 Å². The number of nitrogens with zero attached hydrogens (tertiary/aromatic N) is 4. The summed E-state index contributed by atoms with van der Waals surface area (Å²) in [5.41, 5.74) is 1.50. The average Bonchev–Trinajstić information content (AvgIpc) is 2.53. The van der Waals surface area contributed by atoms with Crippen LogP contribution in [0.1, 0.15) is 21.9 Å². The Morgan fingerprint density at radius 2 is 1.83 bits per heavy atom. The van der Waals surface area contributed by atoms with Crippen molar-refractivity contribution in [1.29, 1.82) is 0 Å². The van der Waals surface area contributed by atoms with E-state index in [9.17, 15) is 9.18 Å². The van der Waals surface area contributed by atoms with Gasteiger partial charge in [0.05, 0.1) is 5.56 Å². The first-order valence-corrected chi connectivity index (χ1v) is 8.83. The molecule has 0 aliphatic carbocycles. The van der Waals surface area contributed by atoms with Crippen molar-refractivity contribution >= 4 is 34.3 Å². The summed E-state index contributed by atoms with van der Waals surface area (Å²) in [6.45, 7) is 6.52. The summed E-state index contributed by atoms with van der Waals surface area (Å²) < 4.78 is 13.8. The second-order valence-electron chi connectivity index (χ2n) is 5.82. The van der Waals surface area contributed by atoms with Crippen molar-refractivity contribution in [3.8, 4) is 0 Å². The molecule has 1 aliphatic heterocycles. The predicted molar refractivity (Wildman–Crippen MR) is 98.7 cm³/mol. The fraction of sp³-hybridized carbons (Fsp3) is 0.353. The number of aryl methyl sites for hydroxylation is 2. The molecule has 0 spiro atoms. The van der Waals surface area contributed by atoms with E-state index in [2.05, 4.69) is 14.9 Å². The largest absolute Gasteiger partial charge is 0.353 e. The molecular formula is C17H18FIN4O. The van der Waals surface area contributed by atoms with Crippen LogP contribution in [0.3, 0.4) is 0 Å². The fourth-order valence-corrected chi connectivity index (χ4v) is 3.54. The van der Waals surface area contributed by atoms with Crippen LogP contribution in [-0.4, -0.2) is 47.0 Å². The van der Waals surface area contributed by atoms with Crippen molar-refractivity contribution in [3.63, 3.8) is 0 Å². The summed E-state index contributed by atoms with van der Waals surface area (Å²) in [7, 11) is 0. The smallest absolute Gasteiger partial charge is 0.255 e. The molecule has 0 atom stereocenters. The standard InChI is InChI=1S/C17H18FIN4O/c1-11-9-16(21-12(2)20-11)22-5-7-23(8-6-22)17(24)14-4-3-13(18)10-15(14)19/h3-4,9-10H,5-8H2,1-2H3. The highest BCUT2D eigenvalue weighted by molar-refractivity contribution is 14.1. The van der Waals surface area contributed by atoms with Crippen molar-refractivity contribution in [2.24, 2.45) is 0 Å². The molecule has 0 saturated carbocycles. The fourth-order valence-electron chi connectivity index (χ4n) is 2.83. The van der Waals surface area contributed by atoms with Gasteiger partial charge in [-0.2, -0.15) is 0 Å². The third-order valence-corrected chi connectivity index (χ3v) is 4.90. The molecule has 24 heavy (non-hydrogen) atoms. The first-order valence-electron chi connectivity index (χ1n) is 7.75. The van der Waals surface area contributed by atoms with Gasteiger partial charge in [-0.1, -0.05) is 0 Å². The maximum atomic E-state index is 13.2. The van der Waals surface area contributed by atoms with Crippen LogP contribution in [-0.2, 0) is 0 Å². The zero-order chi connectivity index (χ0) is 17.3. The molecule has 2 aromatic rings. The van der Waals surface area contributed by atoms with Gasteiger partial charge in [-0.3, -0.25) is 4.79 Å². The van der Waals surface area contributed by atoms with Crippen LogP contribution in [0.4, 0.5) is 10.2 Å². The topological polar surface area (TPSA) is 49.3 Å². The molecule has 5 nitrogen and oxygen atoms in total. The Labute approximate surface area is 154 Å². The second kappa shape index (κ2) is 7.00. The molecular weight excluding hydrogens is 422 g/mol. The van der Waals surface area contributed by atoms with Crippen LogP contribution in [0.5, 0.6) is 0 Å². The van der Waals surface area contributed by atoms with E-state index in [-0.39, 0.29) is 11.7 Å². The van der Waals surface area contributed by atoms with Crippen LogP contribution in [0.15, 0.2) is 24.3 Å². The van der Waals surface area contributed by atoms with Gasteiger partial charge in [-0.25, -0.2) is 14.4 Å². The zero-order valence-electron chi connectivity index (χ0n) is 13.6. The third kappa shape index (κ3) is 3.66. The number of carbonyl (C=O) groups is 1. The summed E-state index contributed by atoms with van der Waals surface area (Å²) in [6.07, 6.45) is 0. The van der Waals surface area contributed by atoms with Gasteiger partial charge in [0.15, 0.2) is 0 Å². The van der Waals surface area contributed by atoms with Gasteiger partial charge in [0, 0.05) is 41.5 Å². The summed E-state index contributed by atoms with van der Waals surface area (Å²) in [5.74, 6) is 1.29. The van der Waals surface area contributed by atoms with Gasteiger partial charge in [0.2, 0.25) is 0 Å². The molecule has 1 fully saturated rings. The maximum absolute atomic E-state index is 13.2. The maximum Gasteiger partial charge on any atom is 0.255 e. The highest BCUT2D eigenvalue weighted by atomic mass is 127. The predicted octanol–water partition coefficient (Wildman–Crippen LogP) is 2.80. The first-order chi connectivity index (χ1) is 11.4. The molecule has 0 bridgehead atoms. The van der Waals surface area contributed by atoms with E-state index in [1.54, 1.807) is 6.07 Å². The molecule has 3 rings (SSSR count). The van der Waals surface area contributed by atoms with E-state index in [4.69, 9.17) is 0 Å². The molecule has 1 aromatic heterocycles. The van der Waals surface area contributed by atoms with Gasteiger partial charge in [-0.15, -0.1) is 0 Å². The minimum atomic E-state index is -0.324. The van der Waals surface area contributed by atoms with Crippen LogP contribution >= 0.6 is 22.6 Å². The molecule has 0 N–H and O–H groups in total. The molecule has 7 heteroatoms. The highest BCUT2D eigenvalue weighted by Crippen LogP contribution is 2.19. The van der Waals surface area contributed by atoms with Gasteiger partial charge < -0.3 is 9.80 Å². The minimum absolute atomic E-state index is 0.0471. The number of piperazine rings is 1. The lowest BCUT2D eigenvalue weighted by Crippen LogP contribution is -2.49. The SMILES string of the molecule is Cc1cc(N2CCN(C(=O)c3ccc(F)cc3I)CC2)nc(C)n1. The van der Waals surface area contributed by atoms with Crippen molar-refractivity contribution < 1.29 is 9.18 Å². The molecule has 1 amide bonds. The second-order valence-corrected chi connectivity index (χ2v) is 6.98. The molecule has 126 valence electrons. The number of amides is 1. The summed E-state index contributed by atoms with van der Waals surface area (Å²) in [5, 5.41) is 0. The number of hydrogen-bond acceptors (Lipinski definition) is 4. The van der Waals surface area contributed by atoms with E-state index in [1.807, 2.05) is 47.4 Å². The van der Waals surface area contributed by atoms with Gasteiger partial charge >= 0.3 is 0 Å². The van der Waals surface area contributed by atoms with E-state index >= 15 is 0 Å².